The van der Waals surface area contributed by atoms with E-state index in [-0.39, 0.29) is 22.6 Å². The third kappa shape index (κ3) is 4.83. The summed E-state index contributed by atoms with van der Waals surface area (Å²) in [4.78, 5) is 11.9. The third-order valence-corrected chi connectivity index (χ3v) is 5.19. The summed E-state index contributed by atoms with van der Waals surface area (Å²) in [6.07, 6.45) is 1.54. The molecule has 0 saturated carbocycles. The Bertz CT molecular complexity index is 661. The van der Waals surface area contributed by atoms with Crippen molar-refractivity contribution in [2.75, 3.05) is 18.6 Å². The van der Waals surface area contributed by atoms with Gasteiger partial charge in [-0.15, -0.1) is 0 Å². The van der Waals surface area contributed by atoms with Crippen molar-refractivity contribution in [2.24, 2.45) is 0 Å². The molecular weight excluding hydrogens is 390 g/mol. The van der Waals surface area contributed by atoms with Crippen LogP contribution in [0.4, 0.5) is 0 Å². The van der Waals surface area contributed by atoms with E-state index in [1.165, 1.54) is 25.3 Å². The molecule has 0 spiro atoms. The van der Waals surface area contributed by atoms with Crippen molar-refractivity contribution in [1.29, 1.82) is 0 Å². The molecule has 0 radical (unpaired) electrons. The van der Waals surface area contributed by atoms with E-state index >= 15 is 0 Å². The van der Waals surface area contributed by atoms with Gasteiger partial charge in [0, 0.05) is 50.1 Å². The highest BCUT2D eigenvalue weighted by molar-refractivity contribution is 9.10. The van der Waals surface area contributed by atoms with Crippen LogP contribution in [0.3, 0.4) is 0 Å². The number of carbonyl (C=O) groups is 1. The molecule has 0 saturated heterocycles. The van der Waals surface area contributed by atoms with E-state index in [1.807, 2.05) is 0 Å². The largest absolute Gasteiger partial charge is 0.351 e. The lowest BCUT2D eigenvalue weighted by Gasteiger charge is -2.10. The molecule has 0 aromatic heterocycles. The van der Waals surface area contributed by atoms with E-state index in [0.717, 1.165) is 0 Å². The molecule has 0 aliphatic rings. The molecule has 1 atom stereocenters. The van der Waals surface area contributed by atoms with Gasteiger partial charge in [0.25, 0.3) is 15.0 Å². The lowest BCUT2D eigenvalue weighted by atomic mass is 10.1. The topological polar surface area (TPSA) is 80.3 Å². The Labute approximate surface area is 133 Å². The first-order chi connectivity index (χ1) is 9.12. The fourth-order valence-electron chi connectivity index (χ4n) is 1.55. The number of benzene rings is 1. The maximum atomic E-state index is 12.0. The van der Waals surface area contributed by atoms with Crippen LogP contribution in [0.1, 0.15) is 15.9 Å². The smallest absolute Gasteiger partial charge is 0.261 e. The summed E-state index contributed by atoms with van der Waals surface area (Å²) in [5.41, 5.74) is 0.485. The van der Waals surface area contributed by atoms with E-state index in [4.69, 9.17) is 10.7 Å². The summed E-state index contributed by atoms with van der Waals surface area (Å²) in [6.45, 7) is 1.76. The average molecular weight is 403 g/mol. The van der Waals surface area contributed by atoms with Gasteiger partial charge in [0.1, 0.15) is 0 Å². The highest BCUT2D eigenvalue weighted by atomic mass is 79.9. The highest BCUT2D eigenvalue weighted by Crippen LogP contribution is 2.27. The van der Waals surface area contributed by atoms with Gasteiger partial charge in [-0.1, -0.05) is 15.9 Å². The number of carbonyl (C=O) groups excluding carboxylic acids is 1. The Morgan fingerprint density at radius 1 is 1.45 bits per heavy atom. The van der Waals surface area contributed by atoms with Crippen LogP contribution in [0, 0.1) is 6.92 Å². The molecule has 1 unspecified atom stereocenters. The predicted octanol–water partition coefficient (Wildman–Crippen LogP) is 1.79. The SMILES string of the molecule is Cc1c(C(=O)NCCS(C)=O)cc(Br)cc1S(=O)(=O)Cl. The molecule has 0 fully saturated rings. The van der Waals surface area contributed by atoms with Gasteiger partial charge < -0.3 is 5.32 Å². The molecule has 1 aromatic rings. The lowest BCUT2D eigenvalue weighted by molar-refractivity contribution is 0.0955. The molecule has 1 aromatic carbocycles. The standard InChI is InChI=1S/C11H13BrClNO4S2/c1-7-9(11(15)14-3-4-19(2)16)5-8(12)6-10(7)20(13,17)18/h5-6H,3-4H2,1-2H3,(H,14,15). The molecule has 0 aliphatic heterocycles. The zero-order chi connectivity index (χ0) is 15.5. The average Bonchev–Trinajstić information content (AvgIpc) is 2.29. The molecule has 112 valence electrons. The molecule has 0 heterocycles. The van der Waals surface area contributed by atoms with E-state index in [0.29, 0.717) is 10.2 Å². The van der Waals surface area contributed by atoms with Crippen molar-refractivity contribution in [3.63, 3.8) is 0 Å². The first-order valence-corrected chi connectivity index (χ1v) is 10.3. The maximum absolute atomic E-state index is 12.0. The van der Waals surface area contributed by atoms with E-state index in [1.54, 1.807) is 0 Å². The van der Waals surface area contributed by atoms with Gasteiger partial charge >= 0.3 is 0 Å². The number of hydrogen-bond donors (Lipinski definition) is 1. The van der Waals surface area contributed by atoms with Gasteiger partial charge in [-0.3, -0.25) is 9.00 Å². The predicted molar refractivity (Wildman–Crippen MR) is 83.2 cm³/mol. The van der Waals surface area contributed by atoms with Crippen molar-refractivity contribution in [2.45, 2.75) is 11.8 Å². The Morgan fingerprint density at radius 3 is 2.55 bits per heavy atom. The number of halogens is 2. The van der Waals surface area contributed by atoms with Gasteiger partial charge in [0.05, 0.1) is 4.90 Å². The van der Waals surface area contributed by atoms with Crippen LogP contribution in [0.2, 0.25) is 0 Å². The summed E-state index contributed by atoms with van der Waals surface area (Å²) < 4.78 is 34.3. The quantitative estimate of drug-likeness (QED) is 0.762. The zero-order valence-electron chi connectivity index (χ0n) is 10.8. The van der Waals surface area contributed by atoms with E-state index in [9.17, 15) is 17.4 Å². The number of rotatable bonds is 5. The number of amides is 1. The van der Waals surface area contributed by atoms with Crippen molar-refractivity contribution < 1.29 is 17.4 Å². The zero-order valence-corrected chi connectivity index (χ0v) is 14.7. The summed E-state index contributed by atoms with van der Waals surface area (Å²) in [7, 11) is 0.398. The summed E-state index contributed by atoms with van der Waals surface area (Å²) in [5.74, 6) is -0.102. The van der Waals surface area contributed by atoms with Gasteiger partial charge in [0.15, 0.2) is 0 Å². The first-order valence-electron chi connectivity index (χ1n) is 5.46. The molecule has 5 nitrogen and oxygen atoms in total. The Morgan fingerprint density at radius 2 is 2.05 bits per heavy atom. The van der Waals surface area contributed by atoms with Crippen molar-refractivity contribution in [3.05, 3.63) is 27.7 Å². The number of hydrogen-bond acceptors (Lipinski definition) is 4. The monoisotopic (exact) mass is 401 g/mol. The van der Waals surface area contributed by atoms with Crippen LogP contribution < -0.4 is 5.32 Å². The summed E-state index contributed by atoms with van der Waals surface area (Å²) in [6, 6.07) is 2.86. The van der Waals surface area contributed by atoms with Gasteiger partial charge in [-0.2, -0.15) is 0 Å². The third-order valence-electron chi connectivity index (χ3n) is 2.51. The van der Waals surface area contributed by atoms with E-state index in [2.05, 4.69) is 21.2 Å². The summed E-state index contributed by atoms with van der Waals surface area (Å²) >= 11 is 3.15. The molecular formula is C11H13BrClNO4S2. The minimum absolute atomic E-state index is 0.113. The van der Waals surface area contributed by atoms with Gasteiger partial charge in [-0.05, 0) is 24.6 Å². The fraction of sp³-hybridized carbons (Fsp3) is 0.364. The Balaban J connectivity index is 3.10. The fourth-order valence-corrected chi connectivity index (χ4v) is 3.77. The Hall–Kier alpha value is -0.440. The molecule has 0 bridgehead atoms. The Kier molecular flexibility index (Phi) is 6.18. The van der Waals surface area contributed by atoms with Gasteiger partial charge in [0.2, 0.25) is 0 Å². The molecule has 20 heavy (non-hydrogen) atoms. The van der Waals surface area contributed by atoms with Crippen LogP contribution in [-0.4, -0.2) is 37.1 Å². The summed E-state index contributed by atoms with van der Waals surface area (Å²) in [5, 5.41) is 2.59. The molecule has 1 amide bonds. The number of nitrogens with one attached hydrogen (secondary N) is 1. The van der Waals surface area contributed by atoms with Crippen LogP contribution in [0.15, 0.2) is 21.5 Å². The van der Waals surface area contributed by atoms with Crippen LogP contribution in [0.25, 0.3) is 0 Å². The second-order valence-electron chi connectivity index (χ2n) is 4.05. The van der Waals surface area contributed by atoms with Crippen LogP contribution in [-0.2, 0) is 19.9 Å². The first kappa shape index (κ1) is 17.6. The van der Waals surface area contributed by atoms with E-state index < -0.39 is 25.8 Å². The maximum Gasteiger partial charge on any atom is 0.261 e. The molecule has 1 N–H and O–H groups in total. The lowest BCUT2D eigenvalue weighted by Crippen LogP contribution is -2.28. The highest BCUT2D eigenvalue weighted by Gasteiger charge is 2.20. The second kappa shape index (κ2) is 7.02. The minimum atomic E-state index is -3.93. The normalized spacial score (nSPS) is 13.0. The van der Waals surface area contributed by atoms with Crippen molar-refractivity contribution >= 4 is 52.4 Å². The molecule has 9 heteroatoms. The van der Waals surface area contributed by atoms with Crippen molar-refractivity contribution in [3.8, 4) is 0 Å². The van der Waals surface area contributed by atoms with Gasteiger partial charge in [-0.25, -0.2) is 8.42 Å². The molecule has 1 rings (SSSR count). The minimum Gasteiger partial charge on any atom is -0.351 e. The van der Waals surface area contributed by atoms with Crippen molar-refractivity contribution in [1.82, 2.24) is 5.32 Å². The second-order valence-corrected chi connectivity index (χ2v) is 9.05. The molecule has 0 aliphatic carbocycles. The van der Waals surface area contributed by atoms with Crippen LogP contribution >= 0.6 is 26.6 Å². The van der Waals surface area contributed by atoms with Crippen LogP contribution in [0.5, 0.6) is 0 Å².